The van der Waals surface area contributed by atoms with Gasteiger partial charge in [0.2, 0.25) is 0 Å². The zero-order valence-electron chi connectivity index (χ0n) is 8.66. The highest BCUT2D eigenvalue weighted by Crippen LogP contribution is 2.30. The summed E-state index contributed by atoms with van der Waals surface area (Å²) in [6.07, 6.45) is 0. The lowest BCUT2D eigenvalue weighted by Gasteiger charge is -2.09. The van der Waals surface area contributed by atoms with Crippen molar-refractivity contribution in [2.24, 2.45) is 0 Å². The number of ether oxygens (including phenoxy) is 1. The number of hydrogen-bond donors (Lipinski definition) is 0. The van der Waals surface area contributed by atoms with Crippen LogP contribution >= 0.6 is 0 Å². The van der Waals surface area contributed by atoms with Gasteiger partial charge in [-0.1, -0.05) is 42.5 Å². The zero-order chi connectivity index (χ0) is 10.7. The Morgan fingerprint density at radius 1 is 1.07 bits per heavy atom. The first kappa shape index (κ1) is 9.78. The Hall–Kier alpha value is -1.76. The summed E-state index contributed by atoms with van der Waals surface area (Å²) in [5, 5.41) is 0. The SMILES string of the molecule is [CH2]c1ccccc1-c1ccc[c]c1OC. The molecule has 0 saturated heterocycles. The summed E-state index contributed by atoms with van der Waals surface area (Å²) < 4.78 is 5.27. The van der Waals surface area contributed by atoms with Crippen LogP contribution in [0.2, 0.25) is 0 Å². The van der Waals surface area contributed by atoms with Gasteiger partial charge < -0.3 is 4.74 Å². The van der Waals surface area contributed by atoms with Crippen molar-refractivity contribution in [3.63, 3.8) is 0 Å². The van der Waals surface area contributed by atoms with Gasteiger partial charge in [-0.25, -0.2) is 0 Å². The summed E-state index contributed by atoms with van der Waals surface area (Å²) >= 11 is 0. The van der Waals surface area contributed by atoms with Gasteiger partial charge in [-0.15, -0.1) is 0 Å². The van der Waals surface area contributed by atoms with Crippen LogP contribution in [0.25, 0.3) is 11.1 Å². The molecule has 1 heteroatoms. The Labute approximate surface area is 90.3 Å². The average molecular weight is 196 g/mol. The Kier molecular flexibility index (Phi) is 2.72. The Bertz CT molecular complexity index is 460. The first-order valence-electron chi connectivity index (χ1n) is 4.79. The molecule has 74 valence electrons. The normalized spacial score (nSPS) is 10.0. The average Bonchev–Trinajstić information content (AvgIpc) is 2.30. The zero-order valence-corrected chi connectivity index (χ0v) is 8.66. The Balaban J connectivity index is 2.59. The van der Waals surface area contributed by atoms with Crippen molar-refractivity contribution in [1.82, 2.24) is 0 Å². The van der Waals surface area contributed by atoms with Crippen molar-refractivity contribution in [2.45, 2.75) is 0 Å². The standard InChI is InChI=1S/C14H12O/c1-11-7-3-4-8-12(11)13-9-5-6-10-14(13)15-2/h3-9H,1H2,2H3. The molecular formula is C14H12O. The van der Waals surface area contributed by atoms with Gasteiger partial charge >= 0.3 is 0 Å². The first-order valence-corrected chi connectivity index (χ1v) is 4.79. The lowest BCUT2D eigenvalue weighted by molar-refractivity contribution is 0.415. The van der Waals surface area contributed by atoms with Crippen LogP contribution in [0.15, 0.2) is 42.5 Å². The second-order valence-corrected chi connectivity index (χ2v) is 3.27. The topological polar surface area (TPSA) is 9.23 Å². The van der Waals surface area contributed by atoms with Crippen molar-refractivity contribution < 1.29 is 4.74 Å². The van der Waals surface area contributed by atoms with Crippen molar-refractivity contribution in [1.29, 1.82) is 0 Å². The predicted molar refractivity (Wildman–Crippen MR) is 61.7 cm³/mol. The minimum atomic E-state index is 0.758. The predicted octanol–water partition coefficient (Wildman–Crippen LogP) is 3.34. The van der Waals surface area contributed by atoms with E-state index in [1.54, 1.807) is 7.11 Å². The van der Waals surface area contributed by atoms with Crippen molar-refractivity contribution in [3.8, 4) is 16.9 Å². The highest BCUT2D eigenvalue weighted by molar-refractivity contribution is 5.73. The van der Waals surface area contributed by atoms with Crippen molar-refractivity contribution in [2.75, 3.05) is 7.11 Å². The maximum Gasteiger partial charge on any atom is 0.134 e. The molecule has 0 bridgehead atoms. The first-order chi connectivity index (χ1) is 7.33. The maximum absolute atomic E-state index is 5.27. The van der Waals surface area contributed by atoms with Gasteiger partial charge in [0.15, 0.2) is 0 Å². The molecule has 2 aromatic rings. The van der Waals surface area contributed by atoms with Crippen LogP contribution in [0.3, 0.4) is 0 Å². The highest BCUT2D eigenvalue weighted by Gasteiger charge is 2.06. The van der Waals surface area contributed by atoms with E-state index in [2.05, 4.69) is 13.0 Å². The van der Waals surface area contributed by atoms with E-state index in [1.165, 1.54) is 0 Å². The Morgan fingerprint density at radius 3 is 2.53 bits per heavy atom. The summed E-state index contributed by atoms with van der Waals surface area (Å²) in [5.41, 5.74) is 3.12. The third-order valence-electron chi connectivity index (χ3n) is 2.33. The fraction of sp³-hybridized carbons (Fsp3) is 0.0714. The molecule has 0 spiro atoms. The molecule has 2 aromatic carbocycles. The highest BCUT2D eigenvalue weighted by atomic mass is 16.5. The van der Waals surface area contributed by atoms with Gasteiger partial charge in [0, 0.05) is 11.6 Å². The Morgan fingerprint density at radius 2 is 1.80 bits per heavy atom. The quantitative estimate of drug-likeness (QED) is 0.715. The van der Waals surface area contributed by atoms with Crippen molar-refractivity contribution in [3.05, 3.63) is 61.0 Å². The van der Waals surface area contributed by atoms with E-state index in [0.29, 0.717) is 0 Å². The van der Waals surface area contributed by atoms with Crippen LogP contribution in [0.5, 0.6) is 5.75 Å². The monoisotopic (exact) mass is 196 g/mol. The molecule has 2 radical (unpaired) electrons. The smallest absolute Gasteiger partial charge is 0.134 e. The number of methoxy groups -OCH3 is 1. The second-order valence-electron chi connectivity index (χ2n) is 3.27. The molecule has 0 saturated carbocycles. The second kappa shape index (κ2) is 4.18. The third kappa shape index (κ3) is 1.86. The van der Waals surface area contributed by atoms with E-state index in [4.69, 9.17) is 4.74 Å². The van der Waals surface area contributed by atoms with Gasteiger partial charge in [-0.2, -0.15) is 0 Å². The lowest BCUT2D eigenvalue weighted by Crippen LogP contribution is -1.89. The van der Waals surface area contributed by atoms with Crippen LogP contribution in [0.4, 0.5) is 0 Å². The molecule has 2 rings (SSSR count). The van der Waals surface area contributed by atoms with E-state index in [0.717, 1.165) is 22.4 Å². The molecule has 1 nitrogen and oxygen atoms in total. The maximum atomic E-state index is 5.27. The fourth-order valence-corrected chi connectivity index (χ4v) is 1.59. The van der Waals surface area contributed by atoms with Gasteiger partial charge in [0.25, 0.3) is 0 Å². The molecule has 15 heavy (non-hydrogen) atoms. The molecule has 0 aromatic heterocycles. The van der Waals surface area contributed by atoms with Crippen LogP contribution in [-0.2, 0) is 0 Å². The molecule has 0 aliphatic heterocycles. The number of para-hydroxylation sites is 1. The summed E-state index contributed by atoms with van der Waals surface area (Å²) in [4.78, 5) is 0. The number of rotatable bonds is 2. The summed E-state index contributed by atoms with van der Waals surface area (Å²) in [5.74, 6) is 0.758. The molecular weight excluding hydrogens is 184 g/mol. The molecule has 0 aliphatic rings. The molecule has 0 heterocycles. The summed E-state index contributed by atoms with van der Waals surface area (Å²) in [7, 11) is 1.65. The minimum absolute atomic E-state index is 0.758. The van der Waals surface area contributed by atoms with Gasteiger partial charge in [-0.05, 0) is 18.1 Å². The van der Waals surface area contributed by atoms with Crippen molar-refractivity contribution >= 4 is 0 Å². The molecule has 0 unspecified atom stereocenters. The van der Waals surface area contributed by atoms with E-state index >= 15 is 0 Å². The van der Waals surface area contributed by atoms with Crippen LogP contribution in [-0.4, -0.2) is 7.11 Å². The van der Waals surface area contributed by atoms with Crippen LogP contribution in [0, 0.1) is 13.0 Å². The fourth-order valence-electron chi connectivity index (χ4n) is 1.59. The van der Waals surface area contributed by atoms with E-state index in [-0.39, 0.29) is 0 Å². The largest absolute Gasteiger partial charge is 0.495 e. The van der Waals surface area contributed by atoms with Gasteiger partial charge in [-0.3, -0.25) is 0 Å². The third-order valence-corrected chi connectivity index (χ3v) is 2.33. The van der Waals surface area contributed by atoms with Gasteiger partial charge in [0.05, 0.1) is 7.11 Å². The molecule has 0 aliphatic carbocycles. The van der Waals surface area contributed by atoms with Crippen LogP contribution < -0.4 is 4.74 Å². The number of hydrogen-bond acceptors (Lipinski definition) is 1. The summed E-state index contributed by atoms with van der Waals surface area (Å²) in [6, 6.07) is 16.9. The van der Waals surface area contributed by atoms with E-state index < -0.39 is 0 Å². The van der Waals surface area contributed by atoms with Crippen LogP contribution in [0.1, 0.15) is 5.56 Å². The van der Waals surface area contributed by atoms with E-state index in [1.807, 2.05) is 42.5 Å². The number of benzene rings is 2. The van der Waals surface area contributed by atoms with Gasteiger partial charge in [0.1, 0.15) is 5.75 Å². The van der Waals surface area contributed by atoms with E-state index in [9.17, 15) is 0 Å². The summed E-state index contributed by atoms with van der Waals surface area (Å²) in [6.45, 7) is 4.00. The molecule has 0 fully saturated rings. The molecule has 0 amide bonds. The molecule has 0 N–H and O–H groups in total. The molecule has 0 atom stereocenters. The lowest BCUT2D eigenvalue weighted by atomic mass is 10.00. The minimum Gasteiger partial charge on any atom is -0.495 e.